The lowest BCUT2D eigenvalue weighted by Gasteiger charge is -2.18. The number of hydrogen-bond donors (Lipinski definition) is 0. The molecule has 1 unspecified atom stereocenters. The minimum atomic E-state index is -3.33. The van der Waals surface area contributed by atoms with Crippen LogP contribution in [0.15, 0.2) is 27.9 Å². The van der Waals surface area contributed by atoms with Crippen molar-refractivity contribution < 1.29 is 12.8 Å². The van der Waals surface area contributed by atoms with Crippen LogP contribution in [0.25, 0.3) is 0 Å². The summed E-state index contributed by atoms with van der Waals surface area (Å²) in [6.07, 6.45) is 5.65. The molecule has 0 bridgehead atoms. The van der Waals surface area contributed by atoms with E-state index in [0.717, 1.165) is 18.6 Å². The zero-order valence-corrected chi connectivity index (χ0v) is 10.4. The summed E-state index contributed by atoms with van der Waals surface area (Å²) in [5, 5.41) is 4.26. The predicted octanol–water partition coefficient (Wildman–Crippen LogP) is 1.75. The summed E-state index contributed by atoms with van der Waals surface area (Å²) in [5.41, 5.74) is 0.997. The van der Waals surface area contributed by atoms with Crippen LogP contribution in [0.3, 0.4) is 0 Å². The van der Waals surface area contributed by atoms with Crippen molar-refractivity contribution in [2.45, 2.75) is 25.3 Å². The molecule has 0 spiro atoms. The van der Waals surface area contributed by atoms with Gasteiger partial charge in [-0.25, -0.2) is 8.42 Å². The Morgan fingerprint density at radius 2 is 2.24 bits per heavy atom. The van der Waals surface area contributed by atoms with E-state index in [2.05, 4.69) is 5.10 Å². The number of nitrogens with zero attached hydrogens (tertiary/aromatic N) is 2. The van der Waals surface area contributed by atoms with E-state index in [9.17, 15) is 8.42 Å². The Kier molecular flexibility index (Phi) is 2.29. The fourth-order valence-electron chi connectivity index (χ4n) is 2.17. The minimum Gasteiger partial charge on any atom is -0.467 e. The molecule has 17 heavy (non-hydrogen) atoms. The van der Waals surface area contributed by atoms with Crippen molar-refractivity contribution in [1.29, 1.82) is 0 Å². The smallest absolute Gasteiger partial charge is 0.247 e. The summed E-state index contributed by atoms with van der Waals surface area (Å²) < 4.78 is 29.9. The maximum absolute atomic E-state index is 11.7. The molecule has 2 heterocycles. The molecule has 6 heteroatoms. The second-order valence-electron chi connectivity index (χ2n) is 4.64. The highest BCUT2D eigenvalue weighted by atomic mass is 32.2. The molecule has 1 aliphatic carbocycles. The summed E-state index contributed by atoms with van der Waals surface area (Å²) in [6.45, 7) is 0. The lowest BCUT2D eigenvalue weighted by Crippen LogP contribution is -2.25. The SMILES string of the molecule is CS(=O)(=O)N1N=C(C2CC2)CC1c1ccco1. The molecule has 0 N–H and O–H groups in total. The average molecular weight is 254 g/mol. The lowest BCUT2D eigenvalue weighted by molar-refractivity contribution is 0.322. The van der Waals surface area contributed by atoms with Gasteiger partial charge in [0.05, 0.1) is 12.5 Å². The molecule has 92 valence electrons. The van der Waals surface area contributed by atoms with Crippen LogP contribution in [-0.2, 0) is 10.0 Å². The van der Waals surface area contributed by atoms with Gasteiger partial charge in [0.25, 0.3) is 0 Å². The summed E-state index contributed by atoms with van der Waals surface area (Å²) in [6, 6.07) is 3.27. The van der Waals surface area contributed by atoms with Crippen LogP contribution in [0.4, 0.5) is 0 Å². The summed E-state index contributed by atoms with van der Waals surface area (Å²) in [7, 11) is -3.33. The Labute approximate surface area is 100 Å². The normalized spacial score (nSPS) is 25.1. The predicted molar refractivity (Wildman–Crippen MR) is 62.9 cm³/mol. The van der Waals surface area contributed by atoms with Gasteiger partial charge in [-0.15, -0.1) is 0 Å². The van der Waals surface area contributed by atoms with Crippen molar-refractivity contribution in [1.82, 2.24) is 4.41 Å². The zero-order chi connectivity index (χ0) is 12.0. The third-order valence-electron chi connectivity index (χ3n) is 3.16. The molecule has 0 saturated heterocycles. The Morgan fingerprint density at radius 3 is 2.76 bits per heavy atom. The highest BCUT2D eigenvalue weighted by molar-refractivity contribution is 7.88. The molecular weight excluding hydrogens is 240 g/mol. The first kappa shape index (κ1) is 10.8. The van der Waals surface area contributed by atoms with E-state index in [1.165, 1.54) is 10.7 Å². The van der Waals surface area contributed by atoms with Crippen molar-refractivity contribution >= 4 is 15.7 Å². The summed E-state index contributed by atoms with van der Waals surface area (Å²) in [4.78, 5) is 0. The molecule has 5 nitrogen and oxygen atoms in total. The Balaban J connectivity index is 1.94. The van der Waals surface area contributed by atoms with Crippen LogP contribution in [0.2, 0.25) is 0 Å². The van der Waals surface area contributed by atoms with Crippen molar-refractivity contribution in [3.63, 3.8) is 0 Å². The van der Waals surface area contributed by atoms with Gasteiger partial charge in [-0.1, -0.05) is 0 Å². The van der Waals surface area contributed by atoms with Crippen LogP contribution in [0.1, 0.15) is 31.1 Å². The molecule has 1 fully saturated rings. The van der Waals surface area contributed by atoms with Gasteiger partial charge in [-0.3, -0.25) is 0 Å². The number of hydrazone groups is 1. The van der Waals surface area contributed by atoms with Crippen molar-refractivity contribution in [3.05, 3.63) is 24.2 Å². The fourth-order valence-corrected chi connectivity index (χ4v) is 3.07. The summed E-state index contributed by atoms with van der Waals surface area (Å²) in [5.74, 6) is 1.15. The molecule has 2 aliphatic rings. The van der Waals surface area contributed by atoms with Crippen molar-refractivity contribution in [2.24, 2.45) is 11.0 Å². The zero-order valence-electron chi connectivity index (χ0n) is 9.54. The van der Waals surface area contributed by atoms with Crippen LogP contribution >= 0.6 is 0 Å². The third-order valence-corrected chi connectivity index (χ3v) is 4.17. The van der Waals surface area contributed by atoms with Gasteiger partial charge >= 0.3 is 0 Å². The van der Waals surface area contributed by atoms with Gasteiger partial charge < -0.3 is 4.42 Å². The largest absolute Gasteiger partial charge is 0.467 e. The van der Waals surface area contributed by atoms with Gasteiger partial charge in [0, 0.05) is 12.1 Å². The Bertz CT molecular complexity index is 543. The van der Waals surface area contributed by atoms with Crippen LogP contribution in [-0.4, -0.2) is 24.8 Å². The van der Waals surface area contributed by atoms with Crippen molar-refractivity contribution in [3.8, 4) is 0 Å². The monoisotopic (exact) mass is 254 g/mol. The second kappa shape index (κ2) is 3.60. The number of sulfonamides is 1. The first-order valence-electron chi connectivity index (χ1n) is 5.66. The maximum Gasteiger partial charge on any atom is 0.247 e. The fraction of sp³-hybridized carbons (Fsp3) is 0.545. The highest BCUT2D eigenvalue weighted by Crippen LogP contribution is 2.41. The number of rotatable bonds is 3. The number of hydrogen-bond acceptors (Lipinski definition) is 4. The molecule has 0 amide bonds. The van der Waals surface area contributed by atoms with E-state index in [1.54, 1.807) is 18.4 Å². The molecule has 1 aromatic heterocycles. The van der Waals surface area contributed by atoms with E-state index in [-0.39, 0.29) is 6.04 Å². The molecular formula is C11H14N2O3S. The van der Waals surface area contributed by atoms with E-state index in [4.69, 9.17) is 4.42 Å². The van der Waals surface area contributed by atoms with Crippen LogP contribution in [0.5, 0.6) is 0 Å². The minimum absolute atomic E-state index is 0.296. The quantitative estimate of drug-likeness (QED) is 0.825. The van der Waals surface area contributed by atoms with E-state index < -0.39 is 10.0 Å². The van der Waals surface area contributed by atoms with Crippen molar-refractivity contribution in [2.75, 3.05) is 6.26 Å². The van der Waals surface area contributed by atoms with Crippen LogP contribution in [0, 0.1) is 5.92 Å². The van der Waals surface area contributed by atoms with Crippen LogP contribution < -0.4 is 0 Å². The molecule has 1 saturated carbocycles. The molecule has 1 aromatic rings. The highest BCUT2D eigenvalue weighted by Gasteiger charge is 2.40. The van der Waals surface area contributed by atoms with E-state index in [0.29, 0.717) is 18.1 Å². The average Bonchev–Trinajstić information content (AvgIpc) is 2.82. The number of furan rings is 1. The Morgan fingerprint density at radius 1 is 1.47 bits per heavy atom. The first-order valence-corrected chi connectivity index (χ1v) is 7.51. The van der Waals surface area contributed by atoms with E-state index in [1.807, 2.05) is 0 Å². The van der Waals surface area contributed by atoms with E-state index >= 15 is 0 Å². The summed E-state index contributed by atoms with van der Waals surface area (Å²) >= 11 is 0. The Hall–Kier alpha value is -1.30. The topological polar surface area (TPSA) is 62.9 Å². The van der Waals surface area contributed by atoms with Gasteiger partial charge in [0.15, 0.2) is 0 Å². The lowest BCUT2D eigenvalue weighted by atomic mass is 10.1. The third kappa shape index (κ3) is 1.97. The molecule has 3 rings (SSSR count). The van der Waals surface area contributed by atoms with Gasteiger partial charge in [-0.05, 0) is 30.9 Å². The second-order valence-corrected chi connectivity index (χ2v) is 6.48. The standard InChI is InChI=1S/C11H14N2O3S/c1-17(14,15)13-10(11-3-2-6-16-11)7-9(12-13)8-4-5-8/h2-3,6,8,10H,4-5,7H2,1H3. The maximum atomic E-state index is 11.7. The molecule has 0 radical (unpaired) electrons. The van der Waals surface area contributed by atoms with Gasteiger partial charge in [-0.2, -0.15) is 9.52 Å². The molecule has 1 aliphatic heterocycles. The molecule has 0 aromatic carbocycles. The van der Waals surface area contributed by atoms with Gasteiger partial charge in [0.2, 0.25) is 10.0 Å². The van der Waals surface area contributed by atoms with Gasteiger partial charge in [0.1, 0.15) is 11.8 Å². The molecule has 1 atom stereocenters. The first-order chi connectivity index (χ1) is 8.05.